The Morgan fingerprint density at radius 3 is 1.44 bits per heavy atom. The molecule has 0 aromatic rings. The van der Waals surface area contributed by atoms with Gasteiger partial charge in [-0.3, -0.25) is 0 Å². The molecule has 0 bridgehead atoms. The summed E-state index contributed by atoms with van der Waals surface area (Å²) in [5.74, 6) is -0.983. The summed E-state index contributed by atoms with van der Waals surface area (Å²) < 4.78 is 40.1. The molecule has 1 aliphatic rings. The SMILES string of the molecule is C[Si](C)(C)OC[C@H]1O[C@@](CO[Si](C)(C)C)(O[Si](C)(C)C)[C@@H](O[Si](C)(C)C)[C@H]1O[Si](C)(C)C. The van der Waals surface area contributed by atoms with Gasteiger partial charge >= 0.3 is 0 Å². The van der Waals surface area contributed by atoms with Crippen molar-refractivity contribution in [3.8, 4) is 0 Å². The lowest BCUT2D eigenvalue weighted by atomic mass is 10.1. The molecular formula is C21H52O6Si5. The Morgan fingerprint density at radius 2 is 1.06 bits per heavy atom. The first-order valence-electron chi connectivity index (χ1n) is 11.9. The molecular weight excluding hydrogens is 489 g/mol. The van der Waals surface area contributed by atoms with Crippen LogP contribution in [0.3, 0.4) is 0 Å². The average molecular weight is 541 g/mol. The molecule has 0 N–H and O–H groups in total. The molecule has 0 aliphatic carbocycles. The van der Waals surface area contributed by atoms with Crippen molar-refractivity contribution in [3.63, 3.8) is 0 Å². The third-order valence-corrected chi connectivity index (χ3v) is 9.23. The summed E-state index contributed by atoms with van der Waals surface area (Å²) in [4.78, 5) is 0. The van der Waals surface area contributed by atoms with Crippen LogP contribution in [-0.4, -0.2) is 78.9 Å². The Bertz CT molecular complexity index is 600. The van der Waals surface area contributed by atoms with Crippen LogP contribution in [0, 0.1) is 0 Å². The van der Waals surface area contributed by atoms with Gasteiger partial charge in [-0.05, 0) is 98.2 Å². The summed E-state index contributed by atoms with van der Waals surface area (Å²) in [6.45, 7) is 33.9. The van der Waals surface area contributed by atoms with Crippen LogP contribution in [-0.2, 0) is 26.9 Å². The van der Waals surface area contributed by atoms with Crippen molar-refractivity contribution in [3.05, 3.63) is 0 Å². The van der Waals surface area contributed by atoms with Crippen molar-refractivity contribution in [2.45, 2.75) is 122 Å². The van der Waals surface area contributed by atoms with Gasteiger partial charge in [-0.2, -0.15) is 0 Å². The van der Waals surface area contributed by atoms with Crippen LogP contribution in [0.1, 0.15) is 0 Å². The number of hydrogen-bond donors (Lipinski definition) is 0. The summed E-state index contributed by atoms with van der Waals surface area (Å²) in [5.41, 5.74) is 0. The van der Waals surface area contributed by atoms with Crippen molar-refractivity contribution in [2.24, 2.45) is 0 Å². The molecule has 11 heteroatoms. The summed E-state index contributed by atoms with van der Waals surface area (Å²) in [5, 5.41) is 0. The minimum absolute atomic E-state index is 0.244. The van der Waals surface area contributed by atoms with E-state index in [1.54, 1.807) is 0 Å². The molecule has 0 aromatic carbocycles. The zero-order valence-electron chi connectivity index (χ0n) is 23.6. The highest BCUT2D eigenvalue weighted by Gasteiger charge is 2.61. The third kappa shape index (κ3) is 11.5. The molecule has 0 saturated carbocycles. The zero-order chi connectivity index (χ0) is 25.4. The van der Waals surface area contributed by atoms with E-state index in [0.29, 0.717) is 13.2 Å². The highest BCUT2D eigenvalue weighted by molar-refractivity contribution is 6.71. The number of rotatable bonds is 12. The van der Waals surface area contributed by atoms with Crippen molar-refractivity contribution in [1.82, 2.24) is 0 Å². The number of hydrogen-bond acceptors (Lipinski definition) is 6. The fourth-order valence-electron chi connectivity index (χ4n) is 3.44. The van der Waals surface area contributed by atoms with E-state index in [0.717, 1.165) is 0 Å². The van der Waals surface area contributed by atoms with E-state index in [2.05, 4.69) is 98.2 Å². The van der Waals surface area contributed by atoms with Crippen LogP contribution >= 0.6 is 0 Å². The smallest absolute Gasteiger partial charge is 0.210 e. The van der Waals surface area contributed by atoms with E-state index in [1.165, 1.54) is 0 Å². The van der Waals surface area contributed by atoms with Crippen molar-refractivity contribution in [2.75, 3.05) is 13.2 Å². The Balaban J connectivity index is 3.53. The fraction of sp³-hybridized carbons (Fsp3) is 1.00. The van der Waals surface area contributed by atoms with Crippen LogP contribution in [0.4, 0.5) is 0 Å². The Hall–Kier alpha value is 0.844. The second-order valence-electron chi connectivity index (χ2n) is 13.9. The lowest BCUT2D eigenvalue weighted by molar-refractivity contribution is -0.229. The quantitative estimate of drug-likeness (QED) is 0.280. The molecule has 192 valence electrons. The average Bonchev–Trinajstić information content (AvgIpc) is 2.71. The summed E-state index contributed by atoms with van der Waals surface area (Å²) in [6, 6.07) is 0. The van der Waals surface area contributed by atoms with Gasteiger partial charge in [0.05, 0.1) is 13.2 Å². The van der Waals surface area contributed by atoms with Gasteiger partial charge < -0.3 is 26.9 Å². The largest absolute Gasteiger partial charge is 0.415 e. The molecule has 1 fully saturated rings. The molecule has 1 rings (SSSR count). The van der Waals surface area contributed by atoms with E-state index >= 15 is 0 Å². The molecule has 0 radical (unpaired) electrons. The first kappa shape index (κ1) is 30.9. The van der Waals surface area contributed by atoms with Crippen LogP contribution in [0.25, 0.3) is 0 Å². The number of ether oxygens (including phenoxy) is 1. The highest BCUT2D eigenvalue weighted by atomic mass is 28.4. The molecule has 6 nitrogen and oxygen atoms in total. The molecule has 4 atom stereocenters. The molecule has 0 spiro atoms. The standard InChI is InChI=1S/C21H52O6Si5/c1-28(2,3)22-16-18-19(25-30(7,8)9)20(26-31(10,11)12)21(24-18,27-32(13,14)15)17-23-29(4,5)6/h18-20H,16-17H2,1-15H3/t18-,19+,20+,21+/m1/s1. The van der Waals surface area contributed by atoms with E-state index in [-0.39, 0.29) is 18.3 Å². The van der Waals surface area contributed by atoms with Gasteiger partial charge in [0.25, 0.3) is 0 Å². The van der Waals surface area contributed by atoms with Gasteiger partial charge in [-0.25, -0.2) is 0 Å². The van der Waals surface area contributed by atoms with Crippen LogP contribution in [0.15, 0.2) is 0 Å². The Morgan fingerprint density at radius 1 is 0.594 bits per heavy atom. The second kappa shape index (κ2) is 10.4. The zero-order valence-corrected chi connectivity index (χ0v) is 28.6. The van der Waals surface area contributed by atoms with E-state index in [4.69, 9.17) is 26.9 Å². The van der Waals surface area contributed by atoms with Crippen molar-refractivity contribution in [1.29, 1.82) is 0 Å². The Labute approximate surface area is 203 Å². The third-order valence-electron chi connectivity index (χ3n) is 4.29. The van der Waals surface area contributed by atoms with Gasteiger partial charge in [0.15, 0.2) is 41.6 Å². The maximum atomic E-state index is 6.85. The van der Waals surface area contributed by atoms with Crippen LogP contribution in [0.2, 0.25) is 98.2 Å². The summed E-state index contributed by atoms with van der Waals surface area (Å²) in [7, 11) is -9.43. The van der Waals surface area contributed by atoms with E-state index in [1.807, 2.05) is 0 Å². The fourth-order valence-corrected chi connectivity index (χ4v) is 8.17. The lowest BCUT2D eigenvalue weighted by Crippen LogP contribution is -2.59. The molecule has 1 heterocycles. The maximum absolute atomic E-state index is 6.85. The van der Waals surface area contributed by atoms with Gasteiger partial charge in [-0.1, -0.05) is 0 Å². The molecule has 1 saturated heterocycles. The summed E-state index contributed by atoms with van der Waals surface area (Å²) >= 11 is 0. The minimum Gasteiger partial charge on any atom is -0.415 e. The molecule has 0 unspecified atom stereocenters. The van der Waals surface area contributed by atoms with Crippen molar-refractivity contribution >= 4 is 41.6 Å². The summed E-state index contributed by atoms with van der Waals surface area (Å²) in [6.07, 6.45) is -0.845. The van der Waals surface area contributed by atoms with Crippen LogP contribution in [0.5, 0.6) is 0 Å². The van der Waals surface area contributed by atoms with Gasteiger partial charge in [0.2, 0.25) is 5.79 Å². The predicted molar refractivity (Wildman–Crippen MR) is 147 cm³/mol. The topological polar surface area (TPSA) is 55.4 Å². The normalized spacial score (nSPS) is 28.4. The molecule has 1 aliphatic heterocycles. The monoisotopic (exact) mass is 540 g/mol. The second-order valence-corrected chi connectivity index (χ2v) is 36.2. The first-order chi connectivity index (χ1) is 13.9. The van der Waals surface area contributed by atoms with Gasteiger partial charge in [0.1, 0.15) is 18.3 Å². The predicted octanol–water partition coefficient (Wildman–Crippen LogP) is 6.08. The highest BCUT2D eigenvalue weighted by Crippen LogP contribution is 2.42. The van der Waals surface area contributed by atoms with E-state index < -0.39 is 47.4 Å². The maximum Gasteiger partial charge on any atom is 0.210 e. The van der Waals surface area contributed by atoms with E-state index in [9.17, 15) is 0 Å². The van der Waals surface area contributed by atoms with Crippen LogP contribution < -0.4 is 0 Å². The molecule has 0 aromatic heterocycles. The Kier molecular flexibility index (Phi) is 10.1. The molecule has 0 amide bonds. The lowest BCUT2D eigenvalue weighted by Gasteiger charge is -2.43. The molecule has 32 heavy (non-hydrogen) atoms. The first-order valence-corrected chi connectivity index (χ1v) is 29.0. The van der Waals surface area contributed by atoms with Gasteiger partial charge in [0, 0.05) is 0 Å². The minimum atomic E-state index is -2.02. The van der Waals surface area contributed by atoms with Gasteiger partial charge in [-0.15, -0.1) is 0 Å². The van der Waals surface area contributed by atoms with Crippen molar-refractivity contribution < 1.29 is 26.9 Å².